The van der Waals surface area contributed by atoms with Gasteiger partial charge >= 0.3 is 5.97 Å². The fraction of sp³-hybridized carbons (Fsp3) is 0.385. The lowest BCUT2D eigenvalue weighted by Gasteiger charge is -2.18. The van der Waals surface area contributed by atoms with E-state index in [-0.39, 0.29) is 18.9 Å². The van der Waals surface area contributed by atoms with Gasteiger partial charge in [-0.2, -0.15) is 0 Å². The molecule has 1 amide bonds. The molecular formula is C13H13BrFNO3. The van der Waals surface area contributed by atoms with Crippen LogP contribution in [-0.4, -0.2) is 40.6 Å². The fourth-order valence-electron chi connectivity index (χ4n) is 2.10. The molecule has 1 aromatic carbocycles. The van der Waals surface area contributed by atoms with Gasteiger partial charge in [-0.05, 0) is 34.5 Å². The molecule has 0 aromatic heterocycles. The number of hydrogen-bond donors (Lipinski definition) is 1. The van der Waals surface area contributed by atoms with Crippen LogP contribution in [0.4, 0.5) is 4.39 Å². The van der Waals surface area contributed by atoms with Gasteiger partial charge in [-0.15, -0.1) is 0 Å². The lowest BCUT2D eigenvalue weighted by atomic mass is 10.1. The summed E-state index contributed by atoms with van der Waals surface area (Å²) in [7, 11) is 0. The third-order valence-corrected chi connectivity index (χ3v) is 4.36. The van der Waals surface area contributed by atoms with Crippen LogP contribution in [0.1, 0.15) is 22.3 Å². The van der Waals surface area contributed by atoms with Crippen LogP contribution in [0.5, 0.6) is 0 Å². The van der Waals surface area contributed by atoms with Gasteiger partial charge in [0.2, 0.25) is 5.67 Å². The zero-order valence-electron chi connectivity index (χ0n) is 10.3. The van der Waals surface area contributed by atoms with Crippen LogP contribution < -0.4 is 0 Å². The number of aliphatic carboxylic acids is 1. The van der Waals surface area contributed by atoms with E-state index in [1.165, 1.54) is 4.90 Å². The standard InChI is InChI=1S/C13H13BrFNO3/c1-8-3-2-4-9(10(8)14)11(17)16-6-5-13(15,7-16)12(18)19/h2-4H,5-7H2,1H3,(H,18,19). The molecule has 1 fully saturated rings. The molecule has 0 aliphatic carbocycles. The maximum absolute atomic E-state index is 13.9. The molecule has 19 heavy (non-hydrogen) atoms. The first-order valence-electron chi connectivity index (χ1n) is 5.82. The molecule has 1 atom stereocenters. The monoisotopic (exact) mass is 329 g/mol. The summed E-state index contributed by atoms with van der Waals surface area (Å²) in [6, 6.07) is 5.23. The number of carbonyl (C=O) groups is 2. The second-order valence-corrected chi connectivity index (χ2v) is 5.48. The minimum atomic E-state index is -2.33. The van der Waals surface area contributed by atoms with E-state index in [9.17, 15) is 14.0 Å². The highest BCUT2D eigenvalue weighted by atomic mass is 79.9. The second kappa shape index (κ2) is 4.92. The molecule has 1 aliphatic rings. The van der Waals surface area contributed by atoms with Crippen LogP contribution in [-0.2, 0) is 4.79 Å². The number of likely N-dealkylation sites (tertiary alicyclic amines) is 1. The first-order chi connectivity index (χ1) is 8.85. The van der Waals surface area contributed by atoms with Gasteiger partial charge in [0.05, 0.1) is 12.1 Å². The van der Waals surface area contributed by atoms with E-state index in [1.807, 2.05) is 13.0 Å². The van der Waals surface area contributed by atoms with Crippen LogP contribution >= 0.6 is 15.9 Å². The lowest BCUT2D eigenvalue weighted by molar-refractivity contribution is -0.149. The number of carboxylic acid groups (broad SMARTS) is 1. The van der Waals surface area contributed by atoms with Crippen molar-refractivity contribution >= 4 is 27.8 Å². The Hall–Kier alpha value is -1.43. The second-order valence-electron chi connectivity index (χ2n) is 4.68. The third kappa shape index (κ3) is 2.49. The molecule has 0 radical (unpaired) electrons. The highest BCUT2D eigenvalue weighted by Gasteiger charge is 2.47. The first kappa shape index (κ1) is 14.0. The van der Waals surface area contributed by atoms with Gasteiger partial charge in [0, 0.05) is 17.4 Å². The van der Waals surface area contributed by atoms with Crippen LogP contribution in [0.15, 0.2) is 22.7 Å². The smallest absolute Gasteiger partial charge is 0.343 e. The van der Waals surface area contributed by atoms with Gasteiger partial charge in [-0.25, -0.2) is 9.18 Å². The van der Waals surface area contributed by atoms with Crippen molar-refractivity contribution in [2.45, 2.75) is 19.0 Å². The van der Waals surface area contributed by atoms with Crippen LogP contribution in [0.25, 0.3) is 0 Å². The third-order valence-electron chi connectivity index (χ3n) is 3.31. The maximum atomic E-state index is 13.9. The van der Waals surface area contributed by atoms with Crippen LogP contribution in [0.3, 0.4) is 0 Å². The van der Waals surface area contributed by atoms with E-state index in [4.69, 9.17) is 5.11 Å². The van der Waals surface area contributed by atoms with Gasteiger partial charge in [0.15, 0.2) is 0 Å². The Bertz CT molecular complexity index is 549. The summed E-state index contributed by atoms with van der Waals surface area (Å²) in [5.41, 5.74) is -1.00. The predicted octanol–water partition coefficient (Wildman–Crippen LogP) is 2.40. The zero-order valence-corrected chi connectivity index (χ0v) is 11.9. The number of carboxylic acids is 1. The molecule has 2 rings (SSSR count). The Balaban J connectivity index is 2.23. The molecule has 1 saturated heterocycles. The minimum absolute atomic E-state index is 0.113. The van der Waals surface area contributed by atoms with Gasteiger partial charge in [0.25, 0.3) is 5.91 Å². The largest absolute Gasteiger partial charge is 0.479 e. The van der Waals surface area contributed by atoms with E-state index in [1.54, 1.807) is 12.1 Å². The fourth-order valence-corrected chi connectivity index (χ4v) is 2.54. The molecule has 1 aliphatic heterocycles. The van der Waals surface area contributed by atoms with Crippen LogP contribution in [0.2, 0.25) is 0 Å². The molecule has 1 heterocycles. The van der Waals surface area contributed by atoms with Crippen molar-refractivity contribution in [3.05, 3.63) is 33.8 Å². The number of nitrogens with zero attached hydrogens (tertiary/aromatic N) is 1. The lowest BCUT2D eigenvalue weighted by Crippen LogP contribution is -2.39. The first-order valence-corrected chi connectivity index (χ1v) is 6.61. The van der Waals surface area contributed by atoms with E-state index in [0.29, 0.717) is 10.0 Å². The summed E-state index contributed by atoms with van der Waals surface area (Å²) in [6.45, 7) is 1.56. The summed E-state index contributed by atoms with van der Waals surface area (Å²) in [4.78, 5) is 24.3. The number of benzene rings is 1. The molecule has 6 heteroatoms. The molecule has 1 unspecified atom stereocenters. The normalized spacial score (nSPS) is 22.6. The molecule has 0 saturated carbocycles. The number of aryl methyl sites for hydroxylation is 1. The number of rotatable bonds is 2. The Morgan fingerprint density at radius 2 is 2.16 bits per heavy atom. The van der Waals surface area contributed by atoms with Crippen molar-refractivity contribution in [2.24, 2.45) is 0 Å². The molecular weight excluding hydrogens is 317 g/mol. The summed E-state index contributed by atoms with van der Waals surface area (Å²) in [5, 5.41) is 8.82. The highest BCUT2D eigenvalue weighted by Crippen LogP contribution is 2.29. The number of alkyl halides is 1. The predicted molar refractivity (Wildman–Crippen MR) is 70.9 cm³/mol. The number of halogens is 2. The van der Waals surface area contributed by atoms with E-state index >= 15 is 0 Å². The van der Waals surface area contributed by atoms with E-state index < -0.39 is 18.2 Å². The topological polar surface area (TPSA) is 57.6 Å². The van der Waals surface area contributed by atoms with Crippen molar-refractivity contribution in [3.63, 3.8) is 0 Å². The van der Waals surface area contributed by atoms with Gasteiger partial charge in [0.1, 0.15) is 0 Å². The summed E-state index contributed by atoms with van der Waals surface area (Å²) in [6.07, 6.45) is -0.169. The average Bonchev–Trinajstić information content (AvgIpc) is 2.76. The van der Waals surface area contributed by atoms with E-state index in [0.717, 1.165) is 5.56 Å². The van der Waals surface area contributed by atoms with Gasteiger partial charge < -0.3 is 10.0 Å². The highest BCUT2D eigenvalue weighted by molar-refractivity contribution is 9.10. The van der Waals surface area contributed by atoms with Gasteiger partial charge in [-0.3, -0.25) is 4.79 Å². The Morgan fingerprint density at radius 3 is 2.74 bits per heavy atom. The molecule has 4 nitrogen and oxygen atoms in total. The molecule has 0 bridgehead atoms. The average molecular weight is 330 g/mol. The van der Waals surface area contributed by atoms with Crippen LogP contribution in [0, 0.1) is 6.92 Å². The van der Waals surface area contributed by atoms with Gasteiger partial charge in [-0.1, -0.05) is 12.1 Å². The van der Waals surface area contributed by atoms with Crippen molar-refractivity contribution in [3.8, 4) is 0 Å². The Kier molecular flexibility index (Phi) is 3.62. The molecule has 0 spiro atoms. The number of hydrogen-bond acceptors (Lipinski definition) is 2. The summed E-state index contributed by atoms with van der Waals surface area (Å²) in [5.74, 6) is -1.86. The summed E-state index contributed by atoms with van der Waals surface area (Å²) < 4.78 is 14.6. The SMILES string of the molecule is Cc1cccc(C(=O)N2CCC(F)(C(=O)O)C2)c1Br. The quantitative estimate of drug-likeness (QED) is 0.906. The van der Waals surface area contributed by atoms with Crippen molar-refractivity contribution in [1.82, 2.24) is 4.90 Å². The number of amides is 1. The Morgan fingerprint density at radius 1 is 1.47 bits per heavy atom. The van der Waals surface area contributed by atoms with E-state index in [2.05, 4.69) is 15.9 Å². The molecule has 1 N–H and O–H groups in total. The maximum Gasteiger partial charge on any atom is 0.343 e. The minimum Gasteiger partial charge on any atom is -0.479 e. The Labute approximate surface area is 118 Å². The summed E-state index contributed by atoms with van der Waals surface area (Å²) >= 11 is 3.33. The van der Waals surface area contributed by atoms with Crippen molar-refractivity contribution in [1.29, 1.82) is 0 Å². The van der Waals surface area contributed by atoms with Crippen molar-refractivity contribution < 1.29 is 19.1 Å². The molecule has 1 aromatic rings. The number of carbonyl (C=O) groups excluding carboxylic acids is 1. The zero-order chi connectivity index (χ0) is 14.2. The molecule has 102 valence electrons. The van der Waals surface area contributed by atoms with Crippen molar-refractivity contribution in [2.75, 3.05) is 13.1 Å².